The van der Waals surface area contributed by atoms with Crippen LogP contribution < -0.4 is 16.5 Å². The number of unbranched alkanes of at least 4 members (excludes halogenated alkanes) is 2. The molecule has 3 fully saturated rings. The summed E-state index contributed by atoms with van der Waals surface area (Å²) in [6.07, 6.45) is 8.34. The smallest absolute Gasteiger partial charge is 0.197 e. The predicted octanol–water partition coefficient (Wildman–Crippen LogP) is 2.11. The lowest BCUT2D eigenvalue weighted by atomic mass is 9.73. The van der Waals surface area contributed by atoms with Crippen LogP contribution in [0.2, 0.25) is 0 Å². The fourth-order valence-electron chi connectivity index (χ4n) is 4.36. The Balaban J connectivity index is 1.41. The fraction of sp³-hybridized carbons (Fsp3) is 0.619. The summed E-state index contributed by atoms with van der Waals surface area (Å²) in [4.78, 5) is 2.01. The van der Waals surface area contributed by atoms with E-state index in [2.05, 4.69) is 27.9 Å². The highest BCUT2D eigenvalue weighted by Crippen LogP contribution is 2.38. The summed E-state index contributed by atoms with van der Waals surface area (Å²) in [5, 5.41) is 20.6. The number of benzene rings is 1. The Morgan fingerprint density at radius 3 is 2.50 bits per heavy atom. The molecule has 3 aliphatic rings. The third-order valence-corrected chi connectivity index (χ3v) is 6.22. The van der Waals surface area contributed by atoms with Crippen LogP contribution in [0.4, 0.5) is 0 Å². The minimum absolute atomic E-state index is 0.176. The Morgan fingerprint density at radius 2 is 1.86 bits per heavy atom. The monoisotopic (exact) mass is 385 g/mol. The van der Waals surface area contributed by atoms with Crippen LogP contribution in [0.5, 0.6) is 0 Å². The predicted molar refractivity (Wildman–Crippen MR) is 114 cm³/mol. The molecule has 0 unspecified atom stereocenters. The number of nitrogens with one attached hydrogen (secondary N) is 4. The van der Waals surface area contributed by atoms with Gasteiger partial charge in [-0.1, -0.05) is 43.2 Å². The second-order valence-electron chi connectivity index (χ2n) is 8.24. The van der Waals surface area contributed by atoms with E-state index in [1.807, 2.05) is 23.1 Å². The van der Waals surface area contributed by atoms with Crippen molar-refractivity contribution in [1.29, 1.82) is 10.8 Å². The molecule has 7 heteroatoms. The van der Waals surface area contributed by atoms with Crippen molar-refractivity contribution in [3.8, 4) is 0 Å². The number of nitrogens with two attached hydrogens (primary N) is 1. The van der Waals surface area contributed by atoms with Gasteiger partial charge in [0.1, 0.15) is 0 Å². The van der Waals surface area contributed by atoms with Gasteiger partial charge in [0.2, 0.25) is 0 Å². The van der Waals surface area contributed by atoms with Crippen molar-refractivity contribution >= 4 is 11.9 Å². The van der Waals surface area contributed by atoms with Crippen LogP contribution in [0.25, 0.3) is 0 Å². The Labute approximate surface area is 168 Å². The Kier molecular flexibility index (Phi) is 7.28. The number of nitrogens with zero attached hydrogens (tertiary/aromatic N) is 2. The first-order valence-electron chi connectivity index (χ1n) is 10.5. The summed E-state index contributed by atoms with van der Waals surface area (Å²) in [7, 11) is 0. The van der Waals surface area contributed by atoms with E-state index in [0.29, 0.717) is 5.41 Å². The molecule has 3 heterocycles. The zero-order chi connectivity index (χ0) is 19.8. The molecule has 7 nitrogen and oxygen atoms in total. The highest BCUT2D eigenvalue weighted by atomic mass is 15.5. The minimum atomic E-state index is -0.176. The quantitative estimate of drug-likeness (QED) is 0.254. The highest BCUT2D eigenvalue weighted by Gasteiger charge is 2.38. The lowest BCUT2D eigenvalue weighted by molar-refractivity contribution is -0.0172. The number of fused-ring (bicyclic) bond motifs is 3. The number of hydrazine groups is 1. The van der Waals surface area contributed by atoms with E-state index in [-0.39, 0.29) is 11.9 Å². The van der Waals surface area contributed by atoms with E-state index in [1.54, 1.807) is 0 Å². The van der Waals surface area contributed by atoms with Crippen molar-refractivity contribution in [3.05, 3.63) is 35.9 Å². The topological polar surface area (TPSA) is 104 Å². The van der Waals surface area contributed by atoms with Gasteiger partial charge >= 0.3 is 0 Å². The van der Waals surface area contributed by atoms with Gasteiger partial charge in [-0.3, -0.25) is 21.6 Å². The molecule has 3 saturated heterocycles. The molecule has 0 saturated carbocycles. The summed E-state index contributed by atoms with van der Waals surface area (Å²) < 4.78 is 0. The lowest BCUT2D eigenvalue weighted by Gasteiger charge is -2.49. The zero-order valence-electron chi connectivity index (χ0n) is 16.8. The van der Waals surface area contributed by atoms with Gasteiger partial charge in [0.25, 0.3) is 0 Å². The SMILES string of the molecule is N=C(N)NC(=N)N(CCCCCC12CCN(CC1)NC2)CCc1ccccc1. The molecule has 0 spiro atoms. The number of guanidine groups is 2. The molecule has 3 aliphatic heterocycles. The molecule has 28 heavy (non-hydrogen) atoms. The average Bonchev–Trinajstić information content (AvgIpc) is 2.71. The first-order valence-corrected chi connectivity index (χ1v) is 10.5. The van der Waals surface area contributed by atoms with E-state index < -0.39 is 0 Å². The summed E-state index contributed by atoms with van der Waals surface area (Å²) in [6, 6.07) is 10.3. The molecule has 0 amide bonds. The summed E-state index contributed by atoms with van der Waals surface area (Å²) in [6.45, 7) is 5.11. The molecule has 0 radical (unpaired) electrons. The van der Waals surface area contributed by atoms with Gasteiger partial charge < -0.3 is 10.6 Å². The summed E-state index contributed by atoms with van der Waals surface area (Å²) in [5.74, 6) is 0.0517. The average molecular weight is 386 g/mol. The fourth-order valence-corrected chi connectivity index (χ4v) is 4.36. The van der Waals surface area contributed by atoms with Crippen LogP contribution in [-0.4, -0.2) is 54.6 Å². The van der Waals surface area contributed by atoms with Crippen molar-refractivity contribution in [2.45, 2.75) is 44.9 Å². The largest absolute Gasteiger partial charge is 0.370 e. The van der Waals surface area contributed by atoms with Crippen molar-refractivity contribution in [3.63, 3.8) is 0 Å². The number of hydrogen-bond acceptors (Lipinski definition) is 4. The molecule has 1 aromatic rings. The minimum Gasteiger partial charge on any atom is -0.370 e. The van der Waals surface area contributed by atoms with Crippen molar-refractivity contribution in [1.82, 2.24) is 20.7 Å². The van der Waals surface area contributed by atoms with E-state index in [9.17, 15) is 0 Å². The van der Waals surface area contributed by atoms with Crippen molar-refractivity contribution < 1.29 is 0 Å². The maximum Gasteiger partial charge on any atom is 0.197 e. The maximum absolute atomic E-state index is 8.23. The molecular weight excluding hydrogens is 350 g/mol. The third-order valence-electron chi connectivity index (χ3n) is 6.22. The number of piperidine rings is 1. The van der Waals surface area contributed by atoms with E-state index in [4.69, 9.17) is 16.6 Å². The van der Waals surface area contributed by atoms with Crippen LogP contribution >= 0.6 is 0 Å². The van der Waals surface area contributed by atoms with E-state index in [1.165, 1.54) is 50.8 Å². The number of rotatable bonds is 9. The second kappa shape index (κ2) is 9.89. The third kappa shape index (κ3) is 5.94. The zero-order valence-corrected chi connectivity index (χ0v) is 16.8. The van der Waals surface area contributed by atoms with E-state index in [0.717, 1.165) is 32.5 Å². The number of hydrogen-bond donors (Lipinski definition) is 5. The Bertz CT molecular complexity index is 624. The first-order chi connectivity index (χ1) is 13.6. The molecule has 0 aliphatic carbocycles. The van der Waals surface area contributed by atoms with Crippen LogP contribution in [-0.2, 0) is 6.42 Å². The van der Waals surface area contributed by atoms with Gasteiger partial charge in [-0.05, 0) is 43.1 Å². The van der Waals surface area contributed by atoms with Gasteiger partial charge in [-0.2, -0.15) is 0 Å². The molecular formula is C21H35N7. The van der Waals surface area contributed by atoms with Crippen molar-refractivity contribution in [2.24, 2.45) is 11.1 Å². The molecule has 6 N–H and O–H groups in total. The first kappa shape index (κ1) is 20.6. The van der Waals surface area contributed by atoms with E-state index >= 15 is 0 Å². The van der Waals surface area contributed by atoms with Crippen LogP contribution in [0.15, 0.2) is 30.3 Å². The van der Waals surface area contributed by atoms with Crippen molar-refractivity contribution in [2.75, 3.05) is 32.7 Å². The van der Waals surface area contributed by atoms with Crippen LogP contribution in [0, 0.1) is 16.2 Å². The molecule has 154 valence electrons. The molecule has 1 aromatic carbocycles. The summed E-state index contributed by atoms with van der Waals surface area (Å²) in [5.41, 5.74) is 10.7. The van der Waals surface area contributed by atoms with Crippen LogP contribution in [0.1, 0.15) is 44.1 Å². The maximum atomic E-state index is 8.23. The normalized spacial score (nSPS) is 23.4. The lowest BCUT2D eigenvalue weighted by Crippen LogP contribution is -2.58. The van der Waals surface area contributed by atoms with Gasteiger partial charge in [-0.25, -0.2) is 5.01 Å². The van der Waals surface area contributed by atoms with Gasteiger partial charge in [-0.15, -0.1) is 0 Å². The molecule has 0 atom stereocenters. The molecule has 0 aromatic heterocycles. The molecule has 4 rings (SSSR count). The molecule has 2 bridgehead atoms. The standard InChI is InChI=1S/C21H35N7/c22-19(23)26-20(24)27(14-9-18-7-3-1-4-8-18)13-6-2-5-10-21-11-15-28(16-12-21)25-17-21/h1,3-4,7-8,25H,2,5-6,9-17H2,(H5,22,23,24,26). The van der Waals surface area contributed by atoms with Gasteiger partial charge in [0.15, 0.2) is 11.9 Å². The van der Waals surface area contributed by atoms with Gasteiger partial charge in [0, 0.05) is 32.7 Å². The van der Waals surface area contributed by atoms with Crippen LogP contribution in [0.3, 0.4) is 0 Å². The van der Waals surface area contributed by atoms with Gasteiger partial charge in [0.05, 0.1) is 0 Å². The summed E-state index contributed by atoms with van der Waals surface area (Å²) >= 11 is 0. The Morgan fingerprint density at radius 1 is 1.11 bits per heavy atom. The highest BCUT2D eigenvalue weighted by molar-refractivity contribution is 5.94. The Hall–Kier alpha value is -2.12. The second-order valence-corrected chi connectivity index (χ2v) is 8.24.